The number of nitrogens with one attached hydrogen (secondary N) is 2. The van der Waals surface area contributed by atoms with Gasteiger partial charge in [-0.15, -0.1) is 35.3 Å². The van der Waals surface area contributed by atoms with Crippen molar-refractivity contribution in [3.05, 3.63) is 46.5 Å². The molecule has 0 fully saturated rings. The highest BCUT2D eigenvalue weighted by Crippen LogP contribution is 2.13. The van der Waals surface area contributed by atoms with Crippen LogP contribution in [0.2, 0.25) is 0 Å². The Labute approximate surface area is 182 Å². The fourth-order valence-electron chi connectivity index (χ4n) is 2.34. The van der Waals surface area contributed by atoms with Gasteiger partial charge in [0.05, 0.1) is 6.26 Å². The summed E-state index contributed by atoms with van der Waals surface area (Å²) in [6, 6.07) is 8.07. The molecule has 1 unspecified atom stereocenters. The maximum absolute atomic E-state index is 11.8. The molecule has 150 valence electrons. The van der Waals surface area contributed by atoms with E-state index in [4.69, 9.17) is 4.42 Å². The minimum absolute atomic E-state index is 0. The van der Waals surface area contributed by atoms with Gasteiger partial charge in [0.25, 0.3) is 0 Å². The maximum Gasteiger partial charge on any atom is 0.243 e. The molecule has 2 rings (SSSR count). The summed E-state index contributed by atoms with van der Waals surface area (Å²) in [5, 5.41) is 8.73. The van der Waals surface area contributed by atoms with Crippen LogP contribution in [0.25, 0.3) is 0 Å². The minimum Gasteiger partial charge on any atom is -0.469 e. The van der Waals surface area contributed by atoms with Crippen LogP contribution in [-0.4, -0.2) is 50.5 Å². The van der Waals surface area contributed by atoms with E-state index < -0.39 is 0 Å². The SMILES string of the molecule is CC(CNC(=NCC(=O)N(C)C)NCCc1ccco1)Cc1cccs1.I. The van der Waals surface area contributed by atoms with Crippen LogP contribution in [-0.2, 0) is 17.6 Å². The second kappa shape index (κ2) is 12.8. The Morgan fingerprint density at radius 1 is 1.30 bits per heavy atom. The molecule has 0 aliphatic carbocycles. The zero-order valence-electron chi connectivity index (χ0n) is 16.1. The first-order valence-electron chi connectivity index (χ1n) is 8.81. The highest BCUT2D eigenvalue weighted by Gasteiger charge is 2.08. The number of nitrogens with zero attached hydrogens (tertiary/aromatic N) is 2. The molecular weight excluding hydrogens is 475 g/mol. The molecule has 27 heavy (non-hydrogen) atoms. The van der Waals surface area contributed by atoms with Crippen molar-refractivity contribution in [2.45, 2.75) is 19.8 Å². The van der Waals surface area contributed by atoms with E-state index in [1.807, 2.05) is 12.1 Å². The van der Waals surface area contributed by atoms with E-state index in [0.717, 1.165) is 25.1 Å². The van der Waals surface area contributed by atoms with Crippen molar-refractivity contribution < 1.29 is 9.21 Å². The van der Waals surface area contributed by atoms with E-state index in [9.17, 15) is 4.79 Å². The van der Waals surface area contributed by atoms with Gasteiger partial charge in [0, 0.05) is 38.5 Å². The van der Waals surface area contributed by atoms with E-state index in [1.54, 1.807) is 36.6 Å². The number of aliphatic imine (C=N–C) groups is 1. The molecule has 0 aliphatic heterocycles. The Morgan fingerprint density at radius 2 is 2.11 bits per heavy atom. The molecule has 0 radical (unpaired) electrons. The number of guanidine groups is 1. The van der Waals surface area contributed by atoms with Crippen LogP contribution < -0.4 is 10.6 Å². The molecular formula is C19H29IN4O2S. The fourth-order valence-corrected chi connectivity index (χ4v) is 3.21. The molecule has 2 aromatic rings. The summed E-state index contributed by atoms with van der Waals surface area (Å²) in [6.07, 6.45) is 3.46. The lowest BCUT2D eigenvalue weighted by Crippen LogP contribution is -2.41. The fraction of sp³-hybridized carbons (Fsp3) is 0.474. The van der Waals surface area contributed by atoms with Gasteiger partial charge >= 0.3 is 0 Å². The van der Waals surface area contributed by atoms with Crippen LogP contribution in [0, 0.1) is 5.92 Å². The number of rotatable bonds is 9. The first kappa shape index (κ1) is 23.5. The van der Waals surface area contributed by atoms with Gasteiger partial charge in [-0.05, 0) is 35.9 Å². The second-order valence-corrected chi connectivity index (χ2v) is 7.51. The molecule has 1 atom stereocenters. The summed E-state index contributed by atoms with van der Waals surface area (Å²) >= 11 is 1.78. The number of thiophene rings is 1. The Morgan fingerprint density at radius 3 is 2.74 bits per heavy atom. The smallest absolute Gasteiger partial charge is 0.243 e. The normalized spacial score (nSPS) is 12.2. The third-order valence-corrected chi connectivity index (χ3v) is 4.76. The highest BCUT2D eigenvalue weighted by molar-refractivity contribution is 14.0. The number of amides is 1. The molecule has 0 saturated heterocycles. The molecule has 6 nitrogen and oxygen atoms in total. The van der Waals surface area contributed by atoms with E-state index in [-0.39, 0.29) is 36.4 Å². The van der Waals surface area contributed by atoms with E-state index in [0.29, 0.717) is 18.4 Å². The number of carbonyl (C=O) groups is 1. The molecule has 0 spiro atoms. The van der Waals surface area contributed by atoms with Crippen molar-refractivity contribution in [3.63, 3.8) is 0 Å². The average molecular weight is 504 g/mol. The van der Waals surface area contributed by atoms with Gasteiger partial charge in [0.15, 0.2) is 5.96 Å². The third kappa shape index (κ3) is 9.28. The first-order valence-corrected chi connectivity index (χ1v) is 9.69. The number of furan rings is 1. The number of likely N-dealkylation sites (N-methyl/N-ethyl adjacent to an activating group) is 1. The van der Waals surface area contributed by atoms with E-state index >= 15 is 0 Å². The lowest BCUT2D eigenvalue weighted by atomic mass is 10.1. The zero-order valence-corrected chi connectivity index (χ0v) is 19.3. The standard InChI is InChI=1S/C19H28N4O2S.HI/c1-15(12-17-7-5-11-26-17)13-21-19(22-14-18(24)23(2)3)20-9-8-16-6-4-10-25-16;/h4-7,10-11,15H,8-9,12-14H2,1-3H3,(H2,20,21,22);1H. The van der Waals surface area contributed by atoms with E-state index in [1.165, 1.54) is 4.88 Å². The van der Waals surface area contributed by atoms with Gasteiger partial charge in [-0.25, -0.2) is 4.99 Å². The Kier molecular flexibility index (Phi) is 11.1. The highest BCUT2D eigenvalue weighted by atomic mass is 127. The molecule has 2 N–H and O–H groups in total. The predicted molar refractivity (Wildman–Crippen MR) is 122 cm³/mol. The summed E-state index contributed by atoms with van der Waals surface area (Å²) in [7, 11) is 3.47. The Hall–Kier alpha value is -1.55. The lowest BCUT2D eigenvalue weighted by molar-refractivity contribution is -0.127. The van der Waals surface area contributed by atoms with Gasteiger partial charge in [0.1, 0.15) is 12.3 Å². The Bertz CT molecular complexity index is 672. The van der Waals surface area contributed by atoms with Crippen molar-refractivity contribution in [3.8, 4) is 0 Å². The topological polar surface area (TPSA) is 69.9 Å². The predicted octanol–water partition coefficient (Wildman–Crippen LogP) is 3.00. The maximum atomic E-state index is 11.8. The largest absolute Gasteiger partial charge is 0.469 e. The Balaban J connectivity index is 0.00000364. The summed E-state index contributed by atoms with van der Waals surface area (Å²) in [5.74, 6) is 2.02. The molecule has 8 heteroatoms. The summed E-state index contributed by atoms with van der Waals surface area (Å²) < 4.78 is 5.34. The molecule has 0 saturated carbocycles. The molecule has 0 bridgehead atoms. The van der Waals surface area contributed by atoms with Crippen LogP contribution in [0.1, 0.15) is 17.6 Å². The van der Waals surface area contributed by atoms with Gasteiger partial charge in [-0.3, -0.25) is 4.79 Å². The average Bonchev–Trinajstić information content (AvgIpc) is 3.30. The zero-order chi connectivity index (χ0) is 18.8. The molecule has 1 amide bonds. The van der Waals surface area contributed by atoms with Crippen LogP contribution in [0.3, 0.4) is 0 Å². The number of hydrogen-bond acceptors (Lipinski definition) is 4. The quantitative estimate of drug-likeness (QED) is 0.313. The van der Waals surface area contributed by atoms with Gasteiger partial charge < -0.3 is 20.0 Å². The number of halogens is 1. The summed E-state index contributed by atoms with van der Waals surface area (Å²) in [5.41, 5.74) is 0. The summed E-state index contributed by atoms with van der Waals surface area (Å²) in [6.45, 7) is 3.82. The monoisotopic (exact) mass is 504 g/mol. The van der Waals surface area contributed by atoms with Crippen molar-refractivity contribution in [2.24, 2.45) is 10.9 Å². The van der Waals surface area contributed by atoms with Crippen LogP contribution in [0.5, 0.6) is 0 Å². The molecule has 2 aromatic heterocycles. The van der Waals surface area contributed by atoms with Crippen LogP contribution >= 0.6 is 35.3 Å². The number of carbonyl (C=O) groups excluding carboxylic acids is 1. The van der Waals surface area contributed by atoms with Crippen LogP contribution in [0.4, 0.5) is 0 Å². The molecule has 0 aliphatic rings. The van der Waals surface area contributed by atoms with E-state index in [2.05, 4.69) is 40.1 Å². The summed E-state index contributed by atoms with van der Waals surface area (Å²) in [4.78, 5) is 19.1. The number of hydrogen-bond donors (Lipinski definition) is 2. The van der Waals surface area contributed by atoms with Gasteiger partial charge in [-0.1, -0.05) is 13.0 Å². The van der Waals surface area contributed by atoms with Crippen molar-refractivity contribution >= 4 is 47.2 Å². The molecule has 0 aromatic carbocycles. The van der Waals surface area contributed by atoms with Gasteiger partial charge in [-0.2, -0.15) is 0 Å². The second-order valence-electron chi connectivity index (χ2n) is 6.48. The third-order valence-electron chi connectivity index (χ3n) is 3.86. The molecule has 2 heterocycles. The van der Waals surface area contributed by atoms with Crippen molar-refractivity contribution in [1.82, 2.24) is 15.5 Å². The van der Waals surface area contributed by atoms with Gasteiger partial charge in [0.2, 0.25) is 5.91 Å². The van der Waals surface area contributed by atoms with Crippen molar-refractivity contribution in [2.75, 3.05) is 33.7 Å². The van der Waals surface area contributed by atoms with Crippen molar-refractivity contribution in [1.29, 1.82) is 0 Å². The first-order chi connectivity index (χ1) is 12.5. The van der Waals surface area contributed by atoms with Crippen LogP contribution in [0.15, 0.2) is 45.3 Å². The lowest BCUT2D eigenvalue weighted by Gasteiger charge is -2.16. The minimum atomic E-state index is -0.0243.